The molecule has 0 N–H and O–H groups in total. The molecule has 2 heterocycles. The Morgan fingerprint density at radius 2 is 1.85 bits per heavy atom. The molecular weight excluding hydrogens is 342 g/mol. The third-order valence-corrected chi connectivity index (χ3v) is 4.71. The van der Waals surface area contributed by atoms with E-state index in [4.69, 9.17) is 4.74 Å². The molecule has 3 aromatic rings. The summed E-state index contributed by atoms with van der Waals surface area (Å²) >= 11 is 0. The van der Waals surface area contributed by atoms with Gasteiger partial charge in [-0.15, -0.1) is 0 Å². The van der Waals surface area contributed by atoms with E-state index in [1.807, 2.05) is 49.4 Å². The van der Waals surface area contributed by atoms with Gasteiger partial charge in [0.2, 0.25) is 0 Å². The van der Waals surface area contributed by atoms with Crippen LogP contribution in [0.2, 0.25) is 0 Å². The lowest BCUT2D eigenvalue weighted by molar-refractivity contribution is -0.127. The van der Waals surface area contributed by atoms with Crippen molar-refractivity contribution in [3.05, 3.63) is 66.0 Å². The molecule has 1 amide bonds. The van der Waals surface area contributed by atoms with Gasteiger partial charge in [0.15, 0.2) is 11.8 Å². The first-order valence-electron chi connectivity index (χ1n) is 8.99. The van der Waals surface area contributed by atoms with E-state index >= 15 is 0 Å². The van der Waals surface area contributed by atoms with Gasteiger partial charge in [-0.25, -0.2) is 9.78 Å². The molecule has 0 saturated heterocycles. The van der Waals surface area contributed by atoms with Gasteiger partial charge in [0.25, 0.3) is 5.91 Å². The van der Waals surface area contributed by atoms with Gasteiger partial charge in [-0.2, -0.15) is 0 Å². The third kappa shape index (κ3) is 3.26. The molecule has 6 nitrogen and oxygen atoms in total. The number of nitrogens with zero attached hydrogens (tertiary/aromatic N) is 3. The topological polar surface area (TPSA) is 72.4 Å². The van der Waals surface area contributed by atoms with Crippen LogP contribution in [0.3, 0.4) is 0 Å². The van der Waals surface area contributed by atoms with Gasteiger partial charge in [0.05, 0.1) is 17.2 Å². The fraction of sp³-hybridized carbons (Fsp3) is 0.238. The quantitative estimate of drug-likeness (QED) is 0.668. The van der Waals surface area contributed by atoms with Gasteiger partial charge < -0.3 is 9.64 Å². The van der Waals surface area contributed by atoms with E-state index in [1.165, 1.54) is 6.20 Å². The molecule has 1 aliphatic rings. The van der Waals surface area contributed by atoms with Gasteiger partial charge in [-0.05, 0) is 36.6 Å². The van der Waals surface area contributed by atoms with Crippen LogP contribution in [-0.2, 0) is 16.0 Å². The molecule has 1 aliphatic heterocycles. The minimum Gasteiger partial charge on any atom is -0.447 e. The first kappa shape index (κ1) is 17.1. The van der Waals surface area contributed by atoms with Crippen molar-refractivity contribution in [1.82, 2.24) is 9.97 Å². The Hall–Kier alpha value is -3.28. The number of carbonyl (C=O) groups is 2. The van der Waals surface area contributed by atoms with Crippen molar-refractivity contribution in [1.29, 1.82) is 0 Å². The predicted octanol–water partition coefficient (Wildman–Crippen LogP) is 3.15. The molecular formula is C21H19N3O3. The summed E-state index contributed by atoms with van der Waals surface area (Å²) < 4.78 is 5.49. The van der Waals surface area contributed by atoms with E-state index in [0.29, 0.717) is 24.0 Å². The van der Waals surface area contributed by atoms with Crippen LogP contribution in [0, 0.1) is 0 Å². The highest BCUT2D eigenvalue weighted by atomic mass is 16.5. The van der Waals surface area contributed by atoms with Crippen LogP contribution >= 0.6 is 0 Å². The number of para-hydroxylation sites is 3. The molecule has 27 heavy (non-hydrogen) atoms. The first-order chi connectivity index (χ1) is 13.2. The Morgan fingerprint density at radius 1 is 1.11 bits per heavy atom. The van der Waals surface area contributed by atoms with Gasteiger partial charge in [-0.3, -0.25) is 9.78 Å². The number of esters is 1. The van der Waals surface area contributed by atoms with E-state index in [9.17, 15) is 9.59 Å². The van der Waals surface area contributed by atoms with Gasteiger partial charge >= 0.3 is 5.97 Å². The highest BCUT2D eigenvalue weighted by Gasteiger charge is 2.31. The van der Waals surface area contributed by atoms with Crippen LogP contribution in [-0.4, -0.2) is 34.5 Å². The largest absolute Gasteiger partial charge is 0.447 e. The Balaban J connectivity index is 1.52. The number of hydrogen-bond donors (Lipinski definition) is 0. The van der Waals surface area contributed by atoms with Crippen molar-refractivity contribution in [2.75, 3.05) is 11.4 Å². The minimum absolute atomic E-state index is 0.0989. The van der Waals surface area contributed by atoms with E-state index in [2.05, 4.69) is 9.97 Å². The number of carbonyl (C=O) groups excluding carboxylic acids is 2. The molecule has 0 aliphatic carbocycles. The Morgan fingerprint density at radius 3 is 2.67 bits per heavy atom. The Bertz CT molecular complexity index is 1020. The lowest BCUT2D eigenvalue weighted by Gasteiger charge is -2.23. The number of aromatic nitrogens is 2. The number of hydrogen-bond acceptors (Lipinski definition) is 5. The molecule has 0 fully saturated rings. The molecule has 0 saturated carbocycles. The van der Waals surface area contributed by atoms with Gasteiger partial charge in [-0.1, -0.05) is 37.3 Å². The van der Waals surface area contributed by atoms with Crippen LogP contribution < -0.4 is 4.90 Å². The summed E-state index contributed by atoms with van der Waals surface area (Å²) in [5, 5.41) is 0. The summed E-state index contributed by atoms with van der Waals surface area (Å²) in [6.07, 6.45) is 1.73. The zero-order chi connectivity index (χ0) is 18.8. The van der Waals surface area contributed by atoms with Crippen LogP contribution in [0.25, 0.3) is 11.0 Å². The molecule has 136 valence electrons. The highest BCUT2D eigenvalue weighted by Crippen LogP contribution is 2.28. The van der Waals surface area contributed by atoms with Crippen molar-refractivity contribution in [3.8, 4) is 0 Å². The summed E-state index contributed by atoms with van der Waals surface area (Å²) in [7, 11) is 0. The SMILES string of the molecule is CCC(OC(=O)c1cnc2ccccc2n1)C(=O)N1CCc2ccccc21. The first-order valence-corrected chi connectivity index (χ1v) is 8.99. The van der Waals surface area contributed by atoms with Crippen molar-refractivity contribution in [2.45, 2.75) is 25.9 Å². The van der Waals surface area contributed by atoms with Gasteiger partial charge in [0.1, 0.15) is 0 Å². The molecule has 0 bridgehead atoms. The highest BCUT2D eigenvalue weighted by molar-refractivity contribution is 6.00. The molecule has 1 aromatic heterocycles. The number of ether oxygens (including phenoxy) is 1. The summed E-state index contributed by atoms with van der Waals surface area (Å²) in [5.41, 5.74) is 3.43. The normalized spacial score (nSPS) is 14.0. The van der Waals surface area contributed by atoms with Crippen LogP contribution in [0.15, 0.2) is 54.7 Å². The number of benzene rings is 2. The lowest BCUT2D eigenvalue weighted by atomic mass is 10.2. The minimum atomic E-state index is -0.850. The lowest BCUT2D eigenvalue weighted by Crippen LogP contribution is -2.40. The zero-order valence-corrected chi connectivity index (χ0v) is 15.0. The Kier molecular flexibility index (Phi) is 4.54. The summed E-state index contributed by atoms with van der Waals surface area (Å²) in [6, 6.07) is 15.1. The molecule has 4 rings (SSSR count). The standard InChI is InChI=1S/C21H19N3O3/c1-2-19(20(25)24-12-11-14-7-3-6-10-18(14)24)27-21(26)17-13-22-15-8-4-5-9-16(15)23-17/h3-10,13,19H,2,11-12H2,1H3. The van der Waals surface area contributed by atoms with E-state index in [0.717, 1.165) is 17.7 Å². The molecule has 1 unspecified atom stereocenters. The second-order valence-electron chi connectivity index (χ2n) is 6.41. The monoisotopic (exact) mass is 361 g/mol. The third-order valence-electron chi connectivity index (χ3n) is 4.71. The molecule has 0 radical (unpaired) electrons. The molecule has 6 heteroatoms. The maximum atomic E-state index is 12.9. The maximum absolute atomic E-state index is 12.9. The van der Waals surface area contributed by atoms with Crippen LogP contribution in [0.5, 0.6) is 0 Å². The van der Waals surface area contributed by atoms with E-state index in [-0.39, 0.29) is 11.6 Å². The summed E-state index contributed by atoms with van der Waals surface area (Å²) in [4.78, 5) is 35.7. The second kappa shape index (κ2) is 7.15. The van der Waals surface area contributed by atoms with Crippen molar-refractivity contribution in [3.63, 3.8) is 0 Å². The zero-order valence-electron chi connectivity index (χ0n) is 15.0. The smallest absolute Gasteiger partial charge is 0.359 e. The number of fused-ring (bicyclic) bond motifs is 2. The predicted molar refractivity (Wildman–Crippen MR) is 102 cm³/mol. The summed E-state index contributed by atoms with van der Waals surface area (Å²) in [5.74, 6) is -0.842. The van der Waals surface area contributed by atoms with Crippen molar-refractivity contribution in [2.24, 2.45) is 0 Å². The van der Waals surface area contributed by atoms with Crippen LogP contribution in [0.1, 0.15) is 29.4 Å². The number of amides is 1. The van der Waals surface area contributed by atoms with Crippen molar-refractivity contribution < 1.29 is 14.3 Å². The van der Waals surface area contributed by atoms with Crippen LogP contribution in [0.4, 0.5) is 5.69 Å². The Labute approximate surface area is 156 Å². The molecule has 1 atom stereocenters. The second-order valence-corrected chi connectivity index (χ2v) is 6.41. The number of rotatable bonds is 4. The fourth-order valence-electron chi connectivity index (χ4n) is 3.29. The van der Waals surface area contributed by atoms with Crippen molar-refractivity contribution >= 4 is 28.6 Å². The summed E-state index contributed by atoms with van der Waals surface area (Å²) in [6.45, 7) is 2.42. The van der Waals surface area contributed by atoms with E-state index in [1.54, 1.807) is 11.0 Å². The van der Waals surface area contributed by atoms with Gasteiger partial charge in [0, 0.05) is 12.2 Å². The number of anilines is 1. The average molecular weight is 361 g/mol. The fourth-order valence-corrected chi connectivity index (χ4v) is 3.29. The maximum Gasteiger partial charge on any atom is 0.359 e. The molecule has 0 spiro atoms. The molecule has 2 aromatic carbocycles. The average Bonchev–Trinajstić information content (AvgIpc) is 3.15. The van der Waals surface area contributed by atoms with E-state index < -0.39 is 12.1 Å².